The van der Waals surface area contributed by atoms with Crippen LogP contribution in [0.4, 0.5) is 0 Å². The largest absolute Gasteiger partial charge is 0.458 e. The molecule has 0 spiro atoms. The van der Waals surface area contributed by atoms with Crippen molar-refractivity contribution in [2.24, 2.45) is 0 Å². The molecule has 0 saturated heterocycles. The second-order valence-electron chi connectivity index (χ2n) is 2.38. The van der Waals surface area contributed by atoms with Crippen LogP contribution in [0.3, 0.4) is 0 Å². The summed E-state index contributed by atoms with van der Waals surface area (Å²) >= 11 is 8.91. The van der Waals surface area contributed by atoms with Crippen LogP contribution in [0.25, 0.3) is 11.1 Å². The van der Waals surface area contributed by atoms with Crippen molar-refractivity contribution in [3.05, 3.63) is 28.6 Å². The van der Waals surface area contributed by atoms with Crippen LogP contribution >= 0.6 is 27.5 Å². The Labute approximate surface area is 82.7 Å². The highest BCUT2D eigenvalue weighted by atomic mass is 79.9. The fourth-order valence-electron chi connectivity index (χ4n) is 1.01. The molecule has 12 heavy (non-hydrogen) atoms. The Hall–Kier alpha value is -0.540. The van der Waals surface area contributed by atoms with E-state index >= 15 is 0 Å². The van der Waals surface area contributed by atoms with Gasteiger partial charge in [0.25, 0.3) is 0 Å². The summed E-state index contributed by atoms with van der Waals surface area (Å²) < 4.78 is 6.28. The lowest BCUT2D eigenvalue weighted by Gasteiger charge is -1.87. The number of furan rings is 1. The van der Waals surface area contributed by atoms with E-state index in [4.69, 9.17) is 16.0 Å². The molecule has 2 aromatic heterocycles. The molecule has 0 unspecified atom stereocenters. The summed E-state index contributed by atoms with van der Waals surface area (Å²) in [6.45, 7) is 0. The fourth-order valence-corrected chi connectivity index (χ4v) is 1.45. The zero-order valence-electron chi connectivity index (χ0n) is 6.05. The second-order valence-corrected chi connectivity index (χ2v) is 3.57. The number of alkyl halides is 1. The summed E-state index contributed by atoms with van der Waals surface area (Å²) in [7, 11) is 0. The molecule has 62 valence electrons. The van der Waals surface area contributed by atoms with E-state index < -0.39 is 0 Å². The van der Waals surface area contributed by atoms with Crippen LogP contribution in [-0.2, 0) is 5.88 Å². The van der Waals surface area contributed by atoms with Gasteiger partial charge in [0.2, 0.25) is 0 Å². The van der Waals surface area contributed by atoms with Crippen LogP contribution < -0.4 is 0 Å². The number of pyridine rings is 1. The molecule has 0 saturated carbocycles. The minimum atomic E-state index is 0.383. The van der Waals surface area contributed by atoms with Gasteiger partial charge in [0.15, 0.2) is 5.58 Å². The van der Waals surface area contributed by atoms with Gasteiger partial charge in [0.05, 0.1) is 5.88 Å². The molecule has 0 aliphatic carbocycles. The minimum Gasteiger partial charge on any atom is -0.458 e. The normalized spacial score (nSPS) is 10.8. The molecule has 0 amide bonds. The third-order valence-electron chi connectivity index (χ3n) is 1.52. The quantitative estimate of drug-likeness (QED) is 0.721. The van der Waals surface area contributed by atoms with E-state index in [1.165, 1.54) is 0 Å². The average molecular weight is 246 g/mol. The Morgan fingerprint density at radius 1 is 1.50 bits per heavy atom. The van der Waals surface area contributed by atoms with Gasteiger partial charge in [-0.3, -0.25) is 4.98 Å². The van der Waals surface area contributed by atoms with Crippen LogP contribution in [0.2, 0.25) is 0 Å². The molecule has 0 aromatic carbocycles. The molecule has 0 radical (unpaired) electrons. The van der Waals surface area contributed by atoms with Crippen molar-refractivity contribution in [1.82, 2.24) is 4.98 Å². The number of rotatable bonds is 1. The molecular formula is C8H5BrClNO. The molecule has 4 heteroatoms. The van der Waals surface area contributed by atoms with Gasteiger partial charge in [-0.15, -0.1) is 11.6 Å². The van der Waals surface area contributed by atoms with Crippen LogP contribution in [0.15, 0.2) is 27.2 Å². The molecule has 2 aromatic rings. The second kappa shape index (κ2) is 3.07. The summed E-state index contributed by atoms with van der Waals surface area (Å²) in [6, 6.07) is 3.72. The van der Waals surface area contributed by atoms with Gasteiger partial charge in [-0.25, -0.2) is 0 Å². The number of fused-ring (bicyclic) bond motifs is 1. The van der Waals surface area contributed by atoms with Crippen molar-refractivity contribution in [2.75, 3.05) is 0 Å². The van der Waals surface area contributed by atoms with Gasteiger partial charge in [-0.1, -0.05) is 0 Å². The lowest BCUT2D eigenvalue weighted by Crippen LogP contribution is -1.70. The van der Waals surface area contributed by atoms with Crippen LogP contribution in [0.1, 0.15) is 5.76 Å². The molecular weight excluding hydrogens is 241 g/mol. The number of nitrogens with zero attached hydrogens (tertiary/aromatic N) is 1. The van der Waals surface area contributed by atoms with Crippen molar-refractivity contribution in [1.29, 1.82) is 0 Å². The summed E-state index contributed by atoms with van der Waals surface area (Å²) in [5, 5.41) is 0. The van der Waals surface area contributed by atoms with E-state index in [1.807, 2.05) is 12.1 Å². The number of hydrogen-bond acceptors (Lipinski definition) is 2. The third kappa shape index (κ3) is 1.34. The molecule has 2 nitrogen and oxygen atoms in total. The first-order chi connectivity index (χ1) is 5.79. The van der Waals surface area contributed by atoms with Crippen molar-refractivity contribution in [3.8, 4) is 0 Å². The lowest BCUT2D eigenvalue weighted by atomic mass is 10.4. The molecule has 0 bridgehead atoms. The minimum absolute atomic E-state index is 0.383. The van der Waals surface area contributed by atoms with Crippen LogP contribution in [0.5, 0.6) is 0 Å². The van der Waals surface area contributed by atoms with Gasteiger partial charge in [-0.2, -0.15) is 0 Å². The highest BCUT2D eigenvalue weighted by Crippen LogP contribution is 2.21. The highest BCUT2D eigenvalue weighted by molar-refractivity contribution is 9.10. The highest BCUT2D eigenvalue weighted by Gasteiger charge is 2.03. The third-order valence-corrected chi connectivity index (χ3v) is 2.22. The maximum Gasteiger partial charge on any atom is 0.153 e. The molecule has 0 aliphatic heterocycles. The fraction of sp³-hybridized carbons (Fsp3) is 0.125. The predicted octanol–water partition coefficient (Wildman–Crippen LogP) is 3.33. The Morgan fingerprint density at radius 3 is 3.08 bits per heavy atom. The molecule has 0 aliphatic rings. The number of aromatic nitrogens is 1. The topological polar surface area (TPSA) is 26.0 Å². The SMILES string of the molecule is ClCc1cc2ncc(Br)cc2o1. The maximum absolute atomic E-state index is 5.60. The molecule has 0 N–H and O–H groups in total. The van der Waals surface area contributed by atoms with E-state index in [-0.39, 0.29) is 0 Å². The van der Waals surface area contributed by atoms with E-state index in [9.17, 15) is 0 Å². The Balaban J connectivity index is 2.67. The molecule has 2 heterocycles. The van der Waals surface area contributed by atoms with Gasteiger partial charge >= 0.3 is 0 Å². The zero-order valence-corrected chi connectivity index (χ0v) is 8.39. The Bertz CT molecular complexity index is 412. The smallest absolute Gasteiger partial charge is 0.153 e. The van der Waals surface area contributed by atoms with E-state index in [1.54, 1.807) is 6.20 Å². The first-order valence-electron chi connectivity index (χ1n) is 3.39. The lowest BCUT2D eigenvalue weighted by molar-refractivity contribution is 0.572. The monoisotopic (exact) mass is 245 g/mol. The first-order valence-corrected chi connectivity index (χ1v) is 4.72. The number of hydrogen-bond donors (Lipinski definition) is 0. The van der Waals surface area contributed by atoms with Crippen molar-refractivity contribution < 1.29 is 4.42 Å². The molecule has 0 atom stereocenters. The van der Waals surface area contributed by atoms with Gasteiger partial charge in [0, 0.05) is 16.7 Å². The van der Waals surface area contributed by atoms with Crippen LogP contribution in [-0.4, -0.2) is 4.98 Å². The zero-order chi connectivity index (χ0) is 8.55. The number of halogens is 2. The van der Waals surface area contributed by atoms with Gasteiger partial charge in [-0.05, 0) is 22.0 Å². The van der Waals surface area contributed by atoms with E-state index in [2.05, 4.69) is 20.9 Å². The van der Waals surface area contributed by atoms with Crippen molar-refractivity contribution in [3.63, 3.8) is 0 Å². The Morgan fingerprint density at radius 2 is 2.33 bits per heavy atom. The first kappa shape index (κ1) is 8.08. The summed E-state index contributed by atoms with van der Waals surface area (Å²) in [4.78, 5) is 4.15. The molecule has 2 rings (SSSR count). The van der Waals surface area contributed by atoms with E-state index in [0.29, 0.717) is 5.88 Å². The van der Waals surface area contributed by atoms with Gasteiger partial charge in [0.1, 0.15) is 11.3 Å². The van der Waals surface area contributed by atoms with Crippen LogP contribution in [0, 0.1) is 0 Å². The van der Waals surface area contributed by atoms with Crippen molar-refractivity contribution in [2.45, 2.75) is 5.88 Å². The summed E-state index contributed by atoms with van der Waals surface area (Å²) in [6.07, 6.45) is 1.73. The molecule has 0 fully saturated rings. The van der Waals surface area contributed by atoms with E-state index in [0.717, 1.165) is 21.3 Å². The summed E-state index contributed by atoms with van der Waals surface area (Å²) in [5.41, 5.74) is 1.61. The Kier molecular flexibility index (Phi) is 2.07. The predicted molar refractivity (Wildman–Crippen MR) is 51.3 cm³/mol. The maximum atomic E-state index is 5.60. The van der Waals surface area contributed by atoms with Crippen molar-refractivity contribution >= 4 is 38.6 Å². The standard InChI is InChI=1S/C8H5BrClNO/c9-5-1-8-7(11-4-5)2-6(3-10)12-8/h1-2,4H,3H2. The van der Waals surface area contributed by atoms with Gasteiger partial charge < -0.3 is 4.42 Å². The average Bonchev–Trinajstić information content (AvgIpc) is 2.46. The summed E-state index contributed by atoms with van der Waals surface area (Å²) in [5.74, 6) is 1.13.